The predicted octanol–water partition coefficient (Wildman–Crippen LogP) is 2.12. The average Bonchev–Trinajstić information content (AvgIpc) is 2.69. The number of rotatable bonds is 8. The summed E-state index contributed by atoms with van der Waals surface area (Å²) in [5.74, 6) is 1.10. The van der Waals surface area contributed by atoms with Gasteiger partial charge in [-0.3, -0.25) is 0 Å². The fourth-order valence-corrected chi connectivity index (χ4v) is 1.44. The van der Waals surface area contributed by atoms with Gasteiger partial charge >= 0.3 is 0 Å². The van der Waals surface area contributed by atoms with Crippen LogP contribution >= 0.6 is 0 Å². The third-order valence-corrected chi connectivity index (χ3v) is 2.28. The van der Waals surface area contributed by atoms with Gasteiger partial charge in [0.25, 0.3) is 0 Å². The van der Waals surface area contributed by atoms with Gasteiger partial charge in [0.05, 0.1) is 0 Å². The van der Waals surface area contributed by atoms with Crippen LogP contribution in [0.5, 0.6) is 0 Å². The first kappa shape index (κ1) is 11.2. The Hall–Kier alpha value is -0.830. The number of imidazole rings is 1. The molecule has 14 heavy (non-hydrogen) atoms. The summed E-state index contributed by atoms with van der Waals surface area (Å²) in [6.45, 7) is 4.49. The predicted molar refractivity (Wildman–Crippen MR) is 59.3 cm³/mol. The van der Waals surface area contributed by atoms with E-state index in [2.05, 4.69) is 22.2 Å². The Morgan fingerprint density at radius 1 is 1.29 bits per heavy atom. The summed E-state index contributed by atoms with van der Waals surface area (Å²) < 4.78 is 0. The van der Waals surface area contributed by atoms with E-state index in [1.54, 1.807) is 0 Å². The van der Waals surface area contributed by atoms with Crippen LogP contribution < -0.4 is 5.32 Å². The number of unbranched alkanes of at least 4 members (excludes halogenated alkanes) is 2. The fourth-order valence-electron chi connectivity index (χ4n) is 1.44. The number of aryl methyl sites for hydroxylation is 1. The topological polar surface area (TPSA) is 40.7 Å². The summed E-state index contributed by atoms with van der Waals surface area (Å²) in [7, 11) is 0. The first-order valence-corrected chi connectivity index (χ1v) is 5.62. The zero-order chi connectivity index (χ0) is 10.1. The summed E-state index contributed by atoms with van der Waals surface area (Å²) in [5, 5.41) is 3.44. The maximum absolute atomic E-state index is 4.18. The highest BCUT2D eigenvalue weighted by atomic mass is 14.9. The van der Waals surface area contributed by atoms with E-state index in [1.165, 1.54) is 25.7 Å². The van der Waals surface area contributed by atoms with Crippen LogP contribution in [0.2, 0.25) is 0 Å². The molecule has 0 amide bonds. The second kappa shape index (κ2) is 7.56. The van der Waals surface area contributed by atoms with Gasteiger partial charge in [0, 0.05) is 18.8 Å². The summed E-state index contributed by atoms with van der Waals surface area (Å²) in [6, 6.07) is 0. The van der Waals surface area contributed by atoms with E-state index in [4.69, 9.17) is 0 Å². The number of aromatic nitrogens is 2. The van der Waals surface area contributed by atoms with Gasteiger partial charge < -0.3 is 10.3 Å². The summed E-state index contributed by atoms with van der Waals surface area (Å²) in [4.78, 5) is 7.29. The quantitative estimate of drug-likeness (QED) is 0.624. The van der Waals surface area contributed by atoms with Gasteiger partial charge in [0.2, 0.25) is 0 Å². The van der Waals surface area contributed by atoms with E-state index < -0.39 is 0 Å². The van der Waals surface area contributed by atoms with Gasteiger partial charge in [0.1, 0.15) is 5.82 Å². The lowest BCUT2D eigenvalue weighted by Crippen LogP contribution is -2.17. The van der Waals surface area contributed by atoms with E-state index in [0.29, 0.717) is 0 Å². The molecular formula is C11H21N3. The standard InChI is InChI=1S/C11H21N3/c1-2-3-4-7-12-8-5-6-11-13-9-10-14-11/h9-10,12H,2-8H2,1H3,(H,13,14). The van der Waals surface area contributed by atoms with Gasteiger partial charge in [-0.2, -0.15) is 0 Å². The Kier molecular flexibility index (Phi) is 6.07. The number of H-pyrrole nitrogens is 1. The van der Waals surface area contributed by atoms with E-state index in [-0.39, 0.29) is 0 Å². The number of nitrogens with one attached hydrogen (secondary N) is 2. The molecule has 0 radical (unpaired) electrons. The number of hydrogen-bond acceptors (Lipinski definition) is 2. The van der Waals surface area contributed by atoms with Crippen molar-refractivity contribution in [1.82, 2.24) is 15.3 Å². The molecule has 0 aliphatic rings. The lowest BCUT2D eigenvalue weighted by molar-refractivity contribution is 0.595. The van der Waals surface area contributed by atoms with Gasteiger partial charge in [0.15, 0.2) is 0 Å². The lowest BCUT2D eigenvalue weighted by Gasteiger charge is -2.02. The smallest absolute Gasteiger partial charge is 0.106 e. The maximum atomic E-state index is 4.18. The highest BCUT2D eigenvalue weighted by Gasteiger charge is 1.93. The molecule has 0 aliphatic heterocycles. The van der Waals surface area contributed by atoms with Gasteiger partial charge in [-0.15, -0.1) is 0 Å². The molecule has 0 saturated carbocycles. The fraction of sp³-hybridized carbons (Fsp3) is 0.727. The SMILES string of the molecule is CCCCCNCCCc1ncc[nH]1. The lowest BCUT2D eigenvalue weighted by atomic mass is 10.2. The normalized spacial score (nSPS) is 10.6. The Labute approximate surface area is 86.3 Å². The molecule has 0 bridgehead atoms. The highest BCUT2D eigenvalue weighted by Crippen LogP contribution is 1.94. The van der Waals surface area contributed by atoms with Crippen LogP contribution in [0.4, 0.5) is 0 Å². The molecule has 0 fully saturated rings. The van der Waals surface area contributed by atoms with Crippen LogP contribution in [0.1, 0.15) is 38.4 Å². The van der Waals surface area contributed by atoms with Crippen molar-refractivity contribution in [3.8, 4) is 0 Å². The van der Waals surface area contributed by atoms with E-state index in [0.717, 1.165) is 25.3 Å². The van der Waals surface area contributed by atoms with Crippen molar-refractivity contribution < 1.29 is 0 Å². The van der Waals surface area contributed by atoms with Crippen LogP contribution in [-0.4, -0.2) is 23.1 Å². The Morgan fingerprint density at radius 3 is 2.86 bits per heavy atom. The third kappa shape index (κ3) is 5.02. The molecule has 80 valence electrons. The van der Waals surface area contributed by atoms with Crippen molar-refractivity contribution in [3.05, 3.63) is 18.2 Å². The largest absolute Gasteiger partial charge is 0.349 e. The van der Waals surface area contributed by atoms with Crippen LogP contribution in [-0.2, 0) is 6.42 Å². The van der Waals surface area contributed by atoms with E-state index in [1.807, 2.05) is 12.4 Å². The van der Waals surface area contributed by atoms with Gasteiger partial charge in [-0.25, -0.2) is 4.98 Å². The summed E-state index contributed by atoms with van der Waals surface area (Å²) >= 11 is 0. The first-order valence-electron chi connectivity index (χ1n) is 5.62. The molecule has 0 saturated heterocycles. The van der Waals surface area contributed by atoms with E-state index >= 15 is 0 Å². The molecular weight excluding hydrogens is 174 g/mol. The van der Waals surface area contributed by atoms with Crippen molar-refractivity contribution in [2.24, 2.45) is 0 Å². The van der Waals surface area contributed by atoms with Crippen molar-refractivity contribution in [1.29, 1.82) is 0 Å². The molecule has 0 atom stereocenters. The molecule has 3 nitrogen and oxygen atoms in total. The highest BCUT2D eigenvalue weighted by molar-refractivity contribution is 4.86. The van der Waals surface area contributed by atoms with Crippen LogP contribution in [0.25, 0.3) is 0 Å². The van der Waals surface area contributed by atoms with Crippen molar-refractivity contribution in [2.75, 3.05) is 13.1 Å². The van der Waals surface area contributed by atoms with Crippen molar-refractivity contribution in [2.45, 2.75) is 39.0 Å². The molecule has 1 rings (SSSR count). The Balaban J connectivity index is 1.85. The second-order valence-electron chi connectivity index (χ2n) is 3.60. The molecule has 1 aromatic heterocycles. The second-order valence-corrected chi connectivity index (χ2v) is 3.60. The van der Waals surface area contributed by atoms with Crippen LogP contribution in [0.3, 0.4) is 0 Å². The molecule has 0 aromatic carbocycles. The van der Waals surface area contributed by atoms with Crippen molar-refractivity contribution in [3.63, 3.8) is 0 Å². The third-order valence-electron chi connectivity index (χ3n) is 2.28. The molecule has 1 heterocycles. The average molecular weight is 195 g/mol. The molecule has 0 aliphatic carbocycles. The van der Waals surface area contributed by atoms with Gasteiger partial charge in [-0.1, -0.05) is 19.8 Å². The molecule has 0 spiro atoms. The van der Waals surface area contributed by atoms with E-state index in [9.17, 15) is 0 Å². The zero-order valence-corrected chi connectivity index (χ0v) is 9.05. The zero-order valence-electron chi connectivity index (χ0n) is 9.05. The number of hydrogen-bond donors (Lipinski definition) is 2. The summed E-state index contributed by atoms with van der Waals surface area (Å²) in [6.07, 6.45) is 9.85. The minimum atomic E-state index is 1.05. The number of aromatic amines is 1. The Bertz CT molecular complexity index is 206. The number of nitrogens with zero attached hydrogens (tertiary/aromatic N) is 1. The summed E-state index contributed by atoms with van der Waals surface area (Å²) in [5.41, 5.74) is 0. The van der Waals surface area contributed by atoms with Gasteiger partial charge in [-0.05, 0) is 25.9 Å². The molecule has 2 N–H and O–H groups in total. The molecule has 1 aromatic rings. The van der Waals surface area contributed by atoms with Crippen LogP contribution in [0.15, 0.2) is 12.4 Å². The maximum Gasteiger partial charge on any atom is 0.106 e. The minimum Gasteiger partial charge on any atom is -0.349 e. The molecule has 0 unspecified atom stereocenters. The monoisotopic (exact) mass is 195 g/mol. The molecule has 3 heteroatoms. The Morgan fingerprint density at radius 2 is 2.14 bits per heavy atom. The first-order chi connectivity index (χ1) is 6.93. The van der Waals surface area contributed by atoms with Crippen LogP contribution in [0, 0.1) is 0 Å². The minimum absolute atomic E-state index is 1.05. The van der Waals surface area contributed by atoms with Crippen molar-refractivity contribution >= 4 is 0 Å².